The lowest BCUT2D eigenvalue weighted by molar-refractivity contribution is -0.0498. The van der Waals surface area contributed by atoms with Gasteiger partial charge in [0.1, 0.15) is 11.6 Å². The van der Waals surface area contributed by atoms with Crippen LogP contribution in [0.25, 0.3) is 11.2 Å². The van der Waals surface area contributed by atoms with E-state index in [9.17, 15) is 13.6 Å². The third-order valence-electron chi connectivity index (χ3n) is 6.60. The van der Waals surface area contributed by atoms with E-state index in [1.807, 2.05) is 11.1 Å². The molecule has 2 saturated heterocycles. The molecule has 0 spiro atoms. The zero-order valence-electron chi connectivity index (χ0n) is 18.2. The van der Waals surface area contributed by atoms with Gasteiger partial charge >= 0.3 is 6.61 Å². The van der Waals surface area contributed by atoms with Crippen molar-refractivity contribution in [1.82, 2.24) is 19.9 Å². The minimum atomic E-state index is -2.88. The van der Waals surface area contributed by atoms with Crippen molar-refractivity contribution in [1.29, 1.82) is 0 Å². The van der Waals surface area contributed by atoms with Gasteiger partial charge < -0.3 is 19.4 Å². The summed E-state index contributed by atoms with van der Waals surface area (Å²) in [4.78, 5) is 27.4. The maximum Gasteiger partial charge on any atom is 0.387 e. The summed E-state index contributed by atoms with van der Waals surface area (Å²) in [5, 5.41) is 0. The second kappa shape index (κ2) is 9.43. The predicted octanol–water partition coefficient (Wildman–Crippen LogP) is 4.47. The van der Waals surface area contributed by atoms with Crippen LogP contribution in [0.5, 0.6) is 5.75 Å². The van der Waals surface area contributed by atoms with Crippen LogP contribution in [-0.2, 0) is 4.74 Å². The van der Waals surface area contributed by atoms with E-state index >= 15 is 0 Å². The molecule has 0 unspecified atom stereocenters. The van der Waals surface area contributed by atoms with E-state index in [0.29, 0.717) is 30.5 Å². The molecule has 2 aliphatic heterocycles. The number of rotatable bonds is 5. The van der Waals surface area contributed by atoms with Crippen LogP contribution >= 0.6 is 0 Å². The van der Waals surface area contributed by atoms with Crippen molar-refractivity contribution in [2.75, 3.05) is 26.3 Å². The Morgan fingerprint density at radius 1 is 1.06 bits per heavy atom. The van der Waals surface area contributed by atoms with E-state index < -0.39 is 6.61 Å². The molecule has 7 nitrogen and oxygen atoms in total. The molecule has 4 heterocycles. The molecule has 0 saturated carbocycles. The maximum atomic E-state index is 12.9. The number of aromatic nitrogens is 3. The maximum absolute atomic E-state index is 12.9. The summed E-state index contributed by atoms with van der Waals surface area (Å²) in [6, 6.07) is 7.91. The molecule has 0 atom stereocenters. The van der Waals surface area contributed by atoms with E-state index in [-0.39, 0.29) is 11.7 Å². The zero-order valence-corrected chi connectivity index (χ0v) is 18.2. The van der Waals surface area contributed by atoms with Gasteiger partial charge in [0.25, 0.3) is 5.91 Å². The molecular weight excluding hydrogens is 430 g/mol. The fourth-order valence-corrected chi connectivity index (χ4v) is 4.81. The molecule has 33 heavy (non-hydrogen) atoms. The number of amides is 1. The molecule has 2 fully saturated rings. The smallest absolute Gasteiger partial charge is 0.387 e. The highest BCUT2D eigenvalue weighted by Gasteiger charge is 2.27. The number of piperidine rings is 1. The average Bonchev–Trinajstić information content (AvgIpc) is 3.29. The minimum Gasteiger partial charge on any atom is -0.435 e. The van der Waals surface area contributed by atoms with Crippen LogP contribution in [0.3, 0.4) is 0 Å². The van der Waals surface area contributed by atoms with E-state index in [1.54, 1.807) is 0 Å². The van der Waals surface area contributed by atoms with Gasteiger partial charge in [0.2, 0.25) is 0 Å². The molecule has 1 amide bonds. The Bertz CT molecular complexity index is 1100. The van der Waals surface area contributed by atoms with Gasteiger partial charge in [-0.3, -0.25) is 4.79 Å². The number of carbonyl (C=O) groups is 1. The van der Waals surface area contributed by atoms with Gasteiger partial charge in [0.05, 0.1) is 5.52 Å². The highest BCUT2D eigenvalue weighted by atomic mass is 19.3. The summed E-state index contributed by atoms with van der Waals surface area (Å²) in [6.45, 7) is -0.104. The number of nitrogens with zero attached hydrogens (tertiary/aromatic N) is 3. The summed E-state index contributed by atoms with van der Waals surface area (Å²) in [5.74, 6) is 1.61. The Labute approximate surface area is 190 Å². The zero-order chi connectivity index (χ0) is 22.8. The van der Waals surface area contributed by atoms with Crippen molar-refractivity contribution in [3.05, 3.63) is 53.5 Å². The van der Waals surface area contributed by atoms with E-state index in [1.165, 1.54) is 29.8 Å². The Morgan fingerprint density at radius 3 is 2.48 bits per heavy atom. The Morgan fingerprint density at radius 2 is 1.79 bits per heavy atom. The third kappa shape index (κ3) is 4.68. The van der Waals surface area contributed by atoms with Gasteiger partial charge in [-0.2, -0.15) is 8.78 Å². The first-order chi connectivity index (χ1) is 16.1. The fourth-order valence-electron chi connectivity index (χ4n) is 4.81. The van der Waals surface area contributed by atoms with Crippen LogP contribution in [0.2, 0.25) is 0 Å². The molecule has 2 aromatic heterocycles. The number of alkyl halides is 2. The number of H-pyrrole nitrogens is 1. The summed E-state index contributed by atoms with van der Waals surface area (Å²) < 4.78 is 34.5. The molecule has 2 aliphatic rings. The highest BCUT2D eigenvalue weighted by Crippen LogP contribution is 2.34. The number of halogens is 2. The summed E-state index contributed by atoms with van der Waals surface area (Å²) >= 11 is 0. The standard InChI is InChI=1S/C24H26F2N4O3/c25-24(26)33-18-3-1-17(2-4-18)23(31)30-11-6-15(7-12-30)19-5-10-27-22-20(19)28-21(29-22)16-8-13-32-14-9-16/h1-5,10,15-16,24H,6-9,11-14H2,(H,27,28,29). The van der Waals surface area contributed by atoms with Gasteiger partial charge in [-0.15, -0.1) is 0 Å². The van der Waals surface area contributed by atoms with Crippen LogP contribution in [0.1, 0.15) is 59.3 Å². The number of hydrogen-bond acceptors (Lipinski definition) is 5. The lowest BCUT2D eigenvalue weighted by Gasteiger charge is -2.32. The lowest BCUT2D eigenvalue weighted by atomic mass is 9.89. The first-order valence-corrected chi connectivity index (χ1v) is 11.3. The predicted molar refractivity (Wildman–Crippen MR) is 118 cm³/mol. The molecule has 5 rings (SSSR count). The second-order valence-corrected chi connectivity index (χ2v) is 8.58. The number of likely N-dealkylation sites (tertiary alicyclic amines) is 1. The number of pyridine rings is 1. The number of nitrogens with one attached hydrogen (secondary N) is 1. The molecule has 3 aromatic rings. The molecular formula is C24H26F2N4O3. The van der Waals surface area contributed by atoms with Crippen molar-refractivity contribution in [3.8, 4) is 5.75 Å². The van der Waals surface area contributed by atoms with Crippen LogP contribution in [0, 0.1) is 0 Å². The molecule has 0 aliphatic carbocycles. The van der Waals surface area contributed by atoms with Crippen molar-refractivity contribution in [3.63, 3.8) is 0 Å². The fraction of sp³-hybridized carbons (Fsp3) is 0.458. The average molecular weight is 456 g/mol. The first-order valence-electron chi connectivity index (χ1n) is 11.3. The number of aromatic amines is 1. The second-order valence-electron chi connectivity index (χ2n) is 8.58. The third-order valence-corrected chi connectivity index (χ3v) is 6.60. The van der Waals surface area contributed by atoms with Crippen LogP contribution < -0.4 is 4.74 Å². The van der Waals surface area contributed by atoms with Gasteiger partial charge in [0, 0.05) is 44.0 Å². The first kappa shape index (κ1) is 21.8. The van der Waals surface area contributed by atoms with E-state index in [4.69, 9.17) is 9.72 Å². The SMILES string of the molecule is O=C(c1ccc(OC(F)F)cc1)N1CCC(c2ccnc3nc(C4CCOCC4)[nH]c23)CC1. The number of benzene rings is 1. The Balaban J connectivity index is 1.26. The number of ether oxygens (including phenoxy) is 2. The van der Waals surface area contributed by atoms with Crippen molar-refractivity contribution in [2.45, 2.75) is 44.1 Å². The monoisotopic (exact) mass is 456 g/mol. The van der Waals surface area contributed by atoms with Gasteiger partial charge in [-0.1, -0.05) is 0 Å². The van der Waals surface area contributed by atoms with Crippen LogP contribution in [0.15, 0.2) is 36.5 Å². The molecule has 0 bridgehead atoms. The van der Waals surface area contributed by atoms with Crippen LogP contribution in [-0.4, -0.2) is 58.7 Å². The highest BCUT2D eigenvalue weighted by molar-refractivity contribution is 5.94. The largest absolute Gasteiger partial charge is 0.435 e. The number of fused-ring (bicyclic) bond motifs is 1. The summed E-state index contributed by atoms with van der Waals surface area (Å²) in [6.07, 6.45) is 5.41. The Kier molecular flexibility index (Phi) is 6.22. The lowest BCUT2D eigenvalue weighted by Crippen LogP contribution is -2.37. The van der Waals surface area contributed by atoms with Crippen molar-refractivity contribution >= 4 is 17.1 Å². The van der Waals surface area contributed by atoms with E-state index in [0.717, 1.165) is 55.9 Å². The van der Waals surface area contributed by atoms with Crippen molar-refractivity contribution < 1.29 is 23.0 Å². The number of carbonyl (C=O) groups excluding carboxylic acids is 1. The molecule has 174 valence electrons. The number of hydrogen-bond donors (Lipinski definition) is 1. The van der Waals surface area contributed by atoms with Gasteiger partial charge in [0.15, 0.2) is 5.65 Å². The van der Waals surface area contributed by atoms with Gasteiger partial charge in [-0.25, -0.2) is 9.97 Å². The molecule has 1 N–H and O–H groups in total. The summed E-state index contributed by atoms with van der Waals surface area (Å²) in [5.41, 5.74) is 3.42. The summed E-state index contributed by atoms with van der Waals surface area (Å²) in [7, 11) is 0. The molecule has 0 radical (unpaired) electrons. The topological polar surface area (TPSA) is 80.3 Å². The van der Waals surface area contributed by atoms with Crippen LogP contribution in [0.4, 0.5) is 8.78 Å². The number of imidazole rings is 1. The molecule has 1 aromatic carbocycles. The van der Waals surface area contributed by atoms with Gasteiger partial charge in [-0.05, 0) is 67.5 Å². The molecule has 9 heteroatoms. The minimum absolute atomic E-state index is 0.0432. The quantitative estimate of drug-likeness (QED) is 0.613. The Hall–Kier alpha value is -3.07. The van der Waals surface area contributed by atoms with E-state index in [2.05, 4.69) is 20.8 Å². The van der Waals surface area contributed by atoms with Crippen molar-refractivity contribution in [2.24, 2.45) is 0 Å². The normalized spacial score (nSPS) is 18.2.